The molecular formula is C26H34FN5O4S2. The van der Waals surface area contributed by atoms with Gasteiger partial charge in [0.15, 0.2) is 5.13 Å². The molecule has 2 aromatic heterocycles. The summed E-state index contributed by atoms with van der Waals surface area (Å²) >= 11 is 1.15. The second-order valence-electron chi connectivity index (χ2n) is 8.55. The number of anilines is 3. The van der Waals surface area contributed by atoms with Crippen LogP contribution in [0.15, 0.2) is 46.9 Å². The van der Waals surface area contributed by atoms with E-state index < -0.39 is 22.0 Å². The number of fused-ring (bicyclic) bond motifs is 1. The molecule has 206 valence electrons. The molecule has 1 aliphatic heterocycles. The van der Waals surface area contributed by atoms with E-state index in [1.54, 1.807) is 11.4 Å². The molecule has 0 radical (unpaired) electrons. The fourth-order valence-corrected chi connectivity index (χ4v) is 6.12. The van der Waals surface area contributed by atoms with Gasteiger partial charge in [-0.25, -0.2) is 22.8 Å². The lowest BCUT2D eigenvalue weighted by Gasteiger charge is -2.29. The van der Waals surface area contributed by atoms with Crippen LogP contribution in [0.1, 0.15) is 57.6 Å². The number of amides is 1. The molecule has 0 saturated heterocycles. The Kier molecular flexibility index (Phi) is 10.2. The number of aliphatic hydroxyl groups excluding tert-OH is 1. The van der Waals surface area contributed by atoms with Crippen LogP contribution in [0.3, 0.4) is 0 Å². The molecule has 2 unspecified atom stereocenters. The number of benzene rings is 1. The van der Waals surface area contributed by atoms with Crippen LogP contribution in [-0.2, 0) is 21.2 Å². The first-order valence-corrected chi connectivity index (χ1v) is 15.0. The first kappa shape index (κ1) is 29.5. The number of rotatable bonds is 10. The number of carbonyl (C=O) groups excluding carboxylic acids is 1. The summed E-state index contributed by atoms with van der Waals surface area (Å²) in [5.41, 5.74) is 2.38. The molecule has 3 heterocycles. The van der Waals surface area contributed by atoms with E-state index in [1.165, 1.54) is 24.4 Å². The minimum atomic E-state index is -3.87. The third kappa shape index (κ3) is 6.48. The lowest BCUT2D eigenvalue weighted by atomic mass is 9.91. The second kappa shape index (κ2) is 13.1. The number of aromatic nitrogens is 2. The monoisotopic (exact) mass is 563 g/mol. The summed E-state index contributed by atoms with van der Waals surface area (Å²) in [5, 5.41) is 14.3. The SMILES string of the molecule is CC.CCC(C)c1c(F)ccc2c1CCN2C(CCO)C(=O)Nc1ccc(S(=O)(=O)Nc2nccs2)cn1. The summed E-state index contributed by atoms with van der Waals surface area (Å²) in [6.45, 7) is 8.31. The van der Waals surface area contributed by atoms with Gasteiger partial charge in [0.1, 0.15) is 22.6 Å². The van der Waals surface area contributed by atoms with Crippen molar-refractivity contribution < 1.29 is 22.7 Å². The van der Waals surface area contributed by atoms with Crippen molar-refractivity contribution in [3.8, 4) is 0 Å². The van der Waals surface area contributed by atoms with Crippen molar-refractivity contribution in [1.82, 2.24) is 9.97 Å². The molecule has 3 aromatic rings. The van der Waals surface area contributed by atoms with E-state index in [-0.39, 0.29) is 40.6 Å². The highest BCUT2D eigenvalue weighted by Gasteiger charge is 2.33. The summed E-state index contributed by atoms with van der Waals surface area (Å²) in [5.74, 6) is -0.406. The smallest absolute Gasteiger partial charge is 0.265 e. The van der Waals surface area contributed by atoms with Gasteiger partial charge in [-0.3, -0.25) is 9.52 Å². The van der Waals surface area contributed by atoms with E-state index in [0.717, 1.165) is 35.2 Å². The number of carbonyl (C=O) groups is 1. The van der Waals surface area contributed by atoms with Gasteiger partial charge in [-0.05, 0) is 60.6 Å². The van der Waals surface area contributed by atoms with E-state index in [1.807, 2.05) is 32.6 Å². The maximum Gasteiger partial charge on any atom is 0.265 e. The minimum Gasteiger partial charge on any atom is -0.396 e. The maximum absolute atomic E-state index is 14.6. The lowest BCUT2D eigenvalue weighted by molar-refractivity contribution is -0.117. The predicted octanol–water partition coefficient (Wildman–Crippen LogP) is 4.77. The third-order valence-corrected chi connectivity index (χ3v) is 8.47. The molecule has 1 amide bonds. The normalized spacial score (nSPS) is 14.2. The van der Waals surface area contributed by atoms with Crippen molar-refractivity contribution in [3.63, 3.8) is 0 Å². The third-order valence-electron chi connectivity index (χ3n) is 6.33. The van der Waals surface area contributed by atoms with Crippen LogP contribution in [-0.4, -0.2) is 48.6 Å². The Morgan fingerprint density at radius 2 is 2.00 bits per heavy atom. The first-order valence-electron chi connectivity index (χ1n) is 12.6. The summed E-state index contributed by atoms with van der Waals surface area (Å²) < 4.78 is 42.0. The Labute approximate surface area is 227 Å². The molecule has 38 heavy (non-hydrogen) atoms. The molecule has 12 heteroatoms. The number of nitrogens with one attached hydrogen (secondary N) is 2. The van der Waals surface area contributed by atoms with Gasteiger partial charge in [0.05, 0.1) is 0 Å². The Bertz CT molecular complexity index is 1320. The molecule has 0 aliphatic carbocycles. The standard InChI is InChI=1S/C24H28FN5O4S2.C2H6/c1-3-15(2)22-17-8-11-30(19(17)6-5-18(22)25)20(9-12-31)23(32)28-21-7-4-16(14-27-21)36(33,34)29-24-26-10-13-35-24;1-2/h4-7,10,13-15,20,31H,3,8-9,11-12H2,1-2H3,(H,26,29)(H,27,28,32);1-2H3. The lowest BCUT2D eigenvalue weighted by Crippen LogP contribution is -2.44. The molecule has 2 atom stereocenters. The summed E-state index contributed by atoms with van der Waals surface area (Å²) in [4.78, 5) is 23.0. The van der Waals surface area contributed by atoms with Gasteiger partial charge in [-0.2, -0.15) is 0 Å². The molecule has 0 saturated carbocycles. The number of sulfonamides is 1. The molecule has 0 fully saturated rings. The fraction of sp³-hybridized carbons (Fsp3) is 0.423. The highest BCUT2D eigenvalue weighted by atomic mass is 32.2. The van der Waals surface area contributed by atoms with Gasteiger partial charge in [-0.1, -0.05) is 27.7 Å². The van der Waals surface area contributed by atoms with Gasteiger partial charge in [0.2, 0.25) is 5.91 Å². The number of hydrogen-bond donors (Lipinski definition) is 3. The van der Waals surface area contributed by atoms with E-state index in [2.05, 4.69) is 20.0 Å². The predicted molar refractivity (Wildman–Crippen MR) is 149 cm³/mol. The first-order chi connectivity index (χ1) is 18.2. The van der Waals surface area contributed by atoms with Crippen molar-refractivity contribution in [2.45, 2.75) is 63.8 Å². The molecular weight excluding hydrogens is 529 g/mol. The Balaban J connectivity index is 0.00000195. The minimum absolute atomic E-state index is 0.0501. The number of thiazole rings is 1. The van der Waals surface area contributed by atoms with Crippen molar-refractivity contribution in [3.05, 3.63) is 59.0 Å². The van der Waals surface area contributed by atoms with Gasteiger partial charge in [0.25, 0.3) is 10.0 Å². The zero-order valence-corrected chi connectivity index (χ0v) is 23.6. The second-order valence-corrected chi connectivity index (χ2v) is 11.1. The fourth-order valence-electron chi connectivity index (χ4n) is 4.39. The Morgan fingerprint density at radius 3 is 2.61 bits per heavy atom. The Morgan fingerprint density at radius 1 is 1.24 bits per heavy atom. The van der Waals surface area contributed by atoms with Gasteiger partial charge in [0, 0.05) is 36.6 Å². The number of nitrogens with zero attached hydrogens (tertiary/aromatic N) is 3. The summed E-state index contributed by atoms with van der Waals surface area (Å²) in [6, 6.07) is 5.16. The van der Waals surface area contributed by atoms with Crippen molar-refractivity contribution >= 4 is 43.9 Å². The van der Waals surface area contributed by atoms with Crippen molar-refractivity contribution in [2.24, 2.45) is 0 Å². The van der Waals surface area contributed by atoms with Crippen LogP contribution in [0.5, 0.6) is 0 Å². The highest BCUT2D eigenvalue weighted by Crippen LogP contribution is 2.38. The summed E-state index contributed by atoms with van der Waals surface area (Å²) in [7, 11) is -3.87. The van der Waals surface area contributed by atoms with Crippen LogP contribution in [0.2, 0.25) is 0 Å². The molecule has 4 rings (SSSR count). The molecule has 1 aliphatic rings. The number of pyridine rings is 1. The number of halogens is 1. The summed E-state index contributed by atoms with van der Waals surface area (Å²) in [6.07, 6.45) is 4.22. The highest BCUT2D eigenvalue weighted by molar-refractivity contribution is 7.93. The van der Waals surface area contributed by atoms with Crippen LogP contribution < -0.4 is 14.9 Å². The van der Waals surface area contributed by atoms with Crippen LogP contribution in [0.4, 0.5) is 21.0 Å². The molecule has 0 spiro atoms. The largest absolute Gasteiger partial charge is 0.396 e. The molecule has 9 nitrogen and oxygen atoms in total. The van der Waals surface area contributed by atoms with Crippen molar-refractivity contribution in [2.75, 3.05) is 28.1 Å². The van der Waals surface area contributed by atoms with Crippen LogP contribution in [0, 0.1) is 5.82 Å². The molecule has 0 bridgehead atoms. The molecule has 3 N–H and O–H groups in total. The average Bonchev–Trinajstić information content (AvgIpc) is 3.58. The average molecular weight is 564 g/mol. The van der Waals surface area contributed by atoms with Crippen LogP contribution in [0.25, 0.3) is 0 Å². The van der Waals surface area contributed by atoms with Crippen molar-refractivity contribution in [1.29, 1.82) is 0 Å². The van der Waals surface area contributed by atoms with Gasteiger partial charge < -0.3 is 15.3 Å². The van der Waals surface area contributed by atoms with E-state index in [0.29, 0.717) is 18.5 Å². The molecule has 1 aromatic carbocycles. The number of aliphatic hydroxyl groups is 1. The zero-order chi connectivity index (χ0) is 27.9. The maximum atomic E-state index is 14.6. The van der Waals surface area contributed by atoms with Gasteiger partial charge in [-0.15, -0.1) is 11.3 Å². The zero-order valence-electron chi connectivity index (χ0n) is 21.9. The Hall–Kier alpha value is -3.09. The van der Waals surface area contributed by atoms with E-state index in [9.17, 15) is 22.7 Å². The van der Waals surface area contributed by atoms with E-state index >= 15 is 0 Å². The number of hydrogen-bond acceptors (Lipinski definition) is 8. The topological polar surface area (TPSA) is 125 Å². The van der Waals surface area contributed by atoms with E-state index in [4.69, 9.17) is 0 Å². The quantitative estimate of drug-likeness (QED) is 0.325. The van der Waals surface area contributed by atoms with Gasteiger partial charge >= 0.3 is 0 Å². The van der Waals surface area contributed by atoms with Crippen LogP contribution >= 0.6 is 11.3 Å².